The van der Waals surface area contributed by atoms with E-state index in [1.54, 1.807) is 0 Å². The number of rotatable bonds is 4. The van der Waals surface area contributed by atoms with Gasteiger partial charge in [-0.2, -0.15) is 11.8 Å². The van der Waals surface area contributed by atoms with E-state index in [0.29, 0.717) is 5.25 Å². The molecule has 1 heterocycles. The van der Waals surface area contributed by atoms with Gasteiger partial charge in [0.15, 0.2) is 0 Å². The van der Waals surface area contributed by atoms with Gasteiger partial charge in [0.25, 0.3) is 0 Å². The fourth-order valence-electron chi connectivity index (χ4n) is 2.11. The lowest BCUT2D eigenvalue weighted by Gasteiger charge is -2.18. The maximum atomic E-state index is 10.3. The van der Waals surface area contributed by atoms with E-state index in [0.717, 1.165) is 17.7 Å². The Morgan fingerprint density at radius 3 is 2.88 bits per heavy atom. The second kappa shape index (κ2) is 5.78. The third-order valence-electron chi connectivity index (χ3n) is 2.89. The lowest BCUT2D eigenvalue weighted by atomic mass is 10.0. The summed E-state index contributed by atoms with van der Waals surface area (Å²) in [5.74, 6) is 2.02. The van der Waals surface area contributed by atoms with Gasteiger partial charge in [0.05, 0.1) is 12.2 Å². The summed E-state index contributed by atoms with van der Waals surface area (Å²) in [5, 5.41) is 10.7. The van der Waals surface area contributed by atoms with Crippen LogP contribution in [0.5, 0.6) is 5.75 Å². The molecule has 94 valence electrons. The van der Waals surface area contributed by atoms with Crippen molar-refractivity contribution in [2.75, 3.05) is 5.75 Å². The number of aliphatic hydroxyl groups excluding tert-OH is 1. The average molecular weight is 252 g/mol. The van der Waals surface area contributed by atoms with Gasteiger partial charge in [0.1, 0.15) is 5.75 Å². The molecule has 2 unspecified atom stereocenters. The monoisotopic (exact) mass is 252 g/mol. The topological polar surface area (TPSA) is 29.5 Å². The van der Waals surface area contributed by atoms with Crippen LogP contribution in [-0.4, -0.2) is 22.2 Å². The second-order valence-corrected chi connectivity index (χ2v) is 6.08. The first-order valence-corrected chi connectivity index (χ1v) is 7.28. The van der Waals surface area contributed by atoms with Crippen LogP contribution in [0.4, 0.5) is 0 Å². The SMILES string of the molecule is CC(C)Oc1cccc(C(O)C2CCCS2)c1. The lowest BCUT2D eigenvalue weighted by molar-refractivity contribution is 0.172. The van der Waals surface area contributed by atoms with Gasteiger partial charge in [0, 0.05) is 5.25 Å². The van der Waals surface area contributed by atoms with E-state index in [1.807, 2.05) is 49.9 Å². The van der Waals surface area contributed by atoms with Crippen molar-refractivity contribution in [3.8, 4) is 5.75 Å². The lowest BCUT2D eigenvalue weighted by Crippen LogP contribution is -2.12. The fraction of sp³-hybridized carbons (Fsp3) is 0.571. The fourth-order valence-corrected chi connectivity index (χ4v) is 3.42. The number of aliphatic hydroxyl groups is 1. The quantitative estimate of drug-likeness (QED) is 0.890. The number of hydrogen-bond donors (Lipinski definition) is 1. The number of benzene rings is 1. The molecule has 0 aromatic heterocycles. The van der Waals surface area contributed by atoms with Crippen molar-refractivity contribution in [3.05, 3.63) is 29.8 Å². The molecule has 0 saturated carbocycles. The molecule has 2 atom stereocenters. The predicted molar refractivity (Wildman–Crippen MR) is 72.6 cm³/mol. The molecule has 0 radical (unpaired) electrons. The third kappa shape index (κ3) is 3.39. The number of ether oxygens (including phenoxy) is 1. The van der Waals surface area contributed by atoms with E-state index in [9.17, 15) is 5.11 Å². The number of thioether (sulfide) groups is 1. The molecule has 1 saturated heterocycles. The molecule has 1 aliphatic heterocycles. The highest BCUT2D eigenvalue weighted by atomic mass is 32.2. The molecule has 0 amide bonds. The van der Waals surface area contributed by atoms with Crippen LogP contribution in [0, 0.1) is 0 Å². The zero-order chi connectivity index (χ0) is 12.3. The molecular weight excluding hydrogens is 232 g/mol. The molecular formula is C14H20O2S. The Balaban J connectivity index is 2.09. The van der Waals surface area contributed by atoms with Gasteiger partial charge in [-0.05, 0) is 50.1 Å². The molecule has 3 heteroatoms. The van der Waals surface area contributed by atoms with E-state index in [2.05, 4.69) is 0 Å². The van der Waals surface area contributed by atoms with E-state index in [-0.39, 0.29) is 12.2 Å². The van der Waals surface area contributed by atoms with Crippen molar-refractivity contribution in [2.24, 2.45) is 0 Å². The molecule has 0 aliphatic carbocycles. The van der Waals surface area contributed by atoms with Crippen LogP contribution in [0.1, 0.15) is 38.4 Å². The summed E-state index contributed by atoms with van der Waals surface area (Å²) in [6.45, 7) is 4.02. The Labute approximate surface area is 107 Å². The van der Waals surface area contributed by atoms with Crippen molar-refractivity contribution in [1.29, 1.82) is 0 Å². The van der Waals surface area contributed by atoms with Gasteiger partial charge in [-0.15, -0.1) is 0 Å². The predicted octanol–water partition coefficient (Wildman–Crippen LogP) is 3.40. The summed E-state index contributed by atoms with van der Waals surface area (Å²) < 4.78 is 5.65. The zero-order valence-electron chi connectivity index (χ0n) is 10.4. The Bertz CT molecular complexity index is 359. The molecule has 2 rings (SSSR count). The Hall–Kier alpha value is -0.670. The molecule has 2 nitrogen and oxygen atoms in total. The van der Waals surface area contributed by atoms with Crippen LogP contribution in [0.15, 0.2) is 24.3 Å². The normalized spacial score (nSPS) is 21.8. The highest BCUT2D eigenvalue weighted by Crippen LogP contribution is 2.36. The van der Waals surface area contributed by atoms with Gasteiger partial charge in [-0.3, -0.25) is 0 Å². The summed E-state index contributed by atoms with van der Waals surface area (Å²) in [7, 11) is 0. The van der Waals surface area contributed by atoms with E-state index >= 15 is 0 Å². The molecule has 1 N–H and O–H groups in total. The van der Waals surface area contributed by atoms with Crippen molar-refractivity contribution in [1.82, 2.24) is 0 Å². The third-order valence-corrected chi connectivity index (χ3v) is 4.33. The summed E-state index contributed by atoms with van der Waals surface area (Å²) in [6.07, 6.45) is 2.14. The van der Waals surface area contributed by atoms with Gasteiger partial charge < -0.3 is 9.84 Å². The van der Waals surface area contributed by atoms with Gasteiger partial charge in [-0.25, -0.2) is 0 Å². The second-order valence-electron chi connectivity index (χ2n) is 4.74. The maximum Gasteiger partial charge on any atom is 0.120 e. The van der Waals surface area contributed by atoms with Gasteiger partial charge in [-0.1, -0.05) is 12.1 Å². The first-order chi connectivity index (χ1) is 8.16. The molecule has 1 aromatic carbocycles. The van der Waals surface area contributed by atoms with Crippen LogP contribution in [-0.2, 0) is 0 Å². The molecule has 1 fully saturated rings. The smallest absolute Gasteiger partial charge is 0.120 e. The van der Waals surface area contributed by atoms with Crippen LogP contribution in [0.2, 0.25) is 0 Å². The van der Waals surface area contributed by atoms with Crippen molar-refractivity contribution < 1.29 is 9.84 Å². The van der Waals surface area contributed by atoms with E-state index < -0.39 is 0 Å². The first-order valence-electron chi connectivity index (χ1n) is 6.23. The maximum absolute atomic E-state index is 10.3. The zero-order valence-corrected chi connectivity index (χ0v) is 11.2. The minimum Gasteiger partial charge on any atom is -0.491 e. The number of hydrogen-bond acceptors (Lipinski definition) is 3. The largest absolute Gasteiger partial charge is 0.491 e. The van der Waals surface area contributed by atoms with E-state index in [4.69, 9.17) is 4.74 Å². The Morgan fingerprint density at radius 2 is 2.24 bits per heavy atom. The molecule has 17 heavy (non-hydrogen) atoms. The average Bonchev–Trinajstić information content (AvgIpc) is 2.81. The van der Waals surface area contributed by atoms with Gasteiger partial charge >= 0.3 is 0 Å². The molecule has 1 aliphatic rings. The first kappa shape index (κ1) is 12.8. The van der Waals surface area contributed by atoms with Crippen LogP contribution < -0.4 is 4.74 Å². The summed E-state index contributed by atoms with van der Waals surface area (Å²) in [6, 6.07) is 7.84. The Morgan fingerprint density at radius 1 is 1.41 bits per heavy atom. The van der Waals surface area contributed by atoms with Crippen molar-refractivity contribution in [2.45, 2.75) is 44.1 Å². The van der Waals surface area contributed by atoms with Crippen LogP contribution >= 0.6 is 11.8 Å². The highest BCUT2D eigenvalue weighted by molar-refractivity contribution is 8.00. The van der Waals surface area contributed by atoms with Crippen LogP contribution in [0.25, 0.3) is 0 Å². The standard InChI is InChI=1S/C14H20O2S/c1-10(2)16-12-6-3-5-11(9-12)14(15)13-7-4-8-17-13/h3,5-6,9-10,13-15H,4,7-8H2,1-2H3. The van der Waals surface area contributed by atoms with E-state index in [1.165, 1.54) is 12.2 Å². The summed E-state index contributed by atoms with van der Waals surface area (Å²) >= 11 is 1.87. The minimum atomic E-state index is -0.363. The van der Waals surface area contributed by atoms with Gasteiger partial charge in [0.2, 0.25) is 0 Å². The van der Waals surface area contributed by atoms with Crippen molar-refractivity contribution in [3.63, 3.8) is 0 Å². The summed E-state index contributed by atoms with van der Waals surface area (Å²) in [5.41, 5.74) is 0.975. The Kier molecular flexibility index (Phi) is 4.35. The molecule has 0 bridgehead atoms. The highest BCUT2D eigenvalue weighted by Gasteiger charge is 2.25. The minimum absolute atomic E-state index is 0.170. The van der Waals surface area contributed by atoms with Crippen LogP contribution in [0.3, 0.4) is 0 Å². The molecule has 1 aromatic rings. The molecule has 0 spiro atoms. The summed E-state index contributed by atoms with van der Waals surface area (Å²) in [4.78, 5) is 0. The van der Waals surface area contributed by atoms with Crippen molar-refractivity contribution >= 4 is 11.8 Å².